The van der Waals surface area contributed by atoms with Gasteiger partial charge in [-0.2, -0.15) is 8.70 Å². The minimum absolute atomic E-state index is 0.00202. The zero-order chi connectivity index (χ0) is 24.8. The van der Waals surface area contributed by atoms with Gasteiger partial charge in [0.05, 0.1) is 10.6 Å². The standard InChI is InChI=1S/C24H33FN2O5S2/c1-5-6-7-17-13-27(24-10-16(11-24)12-24)19-8-21(33-15(2)3)20(32-14-18(25)23(28)29)9-22(19)34(30,31)26(17)4/h8-9,14-17H,5-7,10-13H2,1-4H3,(H,28,29)/b18-14-/t16?,17-,24?/m1/s1. The summed E-state index contributed by atoms with van der Waals surface area (Å²) in [6, 6.07) is 3.13. The number of ether oxygens (including phenoxy) is 1. The fourth-order valence-electron chi connectivity index (χ4n) is 5.25. The van der Waals surface area contributed by atoms with Crippen LogP contribution in [0.25, 0.3) is 0 Å². The lowest BCUT2D eigenvalue weighted by Crippen LogP contribution is -2.69. The van der Waals surface area contributed by atoms with Gasteiger partial charge in [-0.25, -0.2) is 13.2 Å². The molecule has 0 spiro atoms. The van der Waals surface area contributed by atoms with Gasteiger partial charge in [-0.05, 0) is 37.7 Å². The first-order valence-electron chi connectivity index (χ1n) is 11.8. The van der Waals surface area contributed by atoms with E-state index in [1.807, 2.05) is 19.9 Å². The fraction of sp³-hybridized carbons (Fsp3) is 0.625. The van der Waals surface area contributed by atoms with Gasteiger partial charge in [0.2, 0.25) is 15.9 Å². The van der Waals surface area contributed by atoms with E-state index in [1.54, 1.807) is 7.05 Å². The molecule has 0 saturated heterocycles. The number of rotatable bonds is 9. The van der Waals surface area contributed by atoms with Crippen LogP contribution in [0, 0.1) is 5.92 Å². The number of thioether (sulfide) groups is 1. The van der Waals surface area contributed by atoms with Gasteiger partial charge >= 0.3 is 5.97 Å². The van der Waals surface area contributed by atoms with Gasteiger partial charge in [-0.15, -0.1) is 11.8 Å². The minimum atomic E-state index is -3.85. The molecule has 3 saturated carbocycles. The van der Waals surface area contributed by atoms with E-state index in [4.69, 9.17) is 9.84 Å². The van der Waals surface area contributed by atoms with E-state index >= 15 is 0 Å². The number of benzene rings is 1. The number of fused-ring (bicyclic) bond motifs is 1. The molecule has 188 valence electrons. The van der Waals surface area contributed by atoms with Crippen molar-refractivity contribution < 1.29 is 27.4 Å². The first kappa shape index (κ1) is 25.3. The van der Waals surface area contributed by atoms with E-state index in [2.05, 4.69) is 11.8 Å². The summed E-state index contributed by atoms with van der Waals surface area (Å²) in [6.45, 7) is 6.73. The molecule has 0 unspecified atom stereocenters. The highest BCUT2D eigenvalue weighted by Crippen LogP contribution is 2.62. The highest BCUT2D eigenvalue weighted by molar-refractivity contribution is 8.00. The van der Waals surface area contributed by atoms with Gasteiger partial charge in [0.15, 0.2) is 0 Å². The average molecular weight is 513 g/mol. The van der Waals surface area contributed by atoms with Gasteiger partial charge in [0.1, 0.15) is 16.9 Å². The summed E-state index contributed by atoms with van der Waals surface area (Å²) in [5, 5.41) is 9.00. The number of nitrogens with zero attached hydrogens (tertiary/aromatic N) is 2. The van der Waals surface area contributed by atoms with Crippen molar-refractivity contribution in [3.05, 3.63) is 24.2 Å². The number of halogens is 1. The Morgan fingerprint density at radius 1 is 1.35 bits per heavy atom. The Morgan fingerprint density at radius 2 is 2.03 bits per heavy atom. The molecule has 3 aliphatic carbocycles. The number of hydrogen-bond acceptors (Lipinski definition) is 6. The predicted molar refractivity (Wildman–Crippen MR) is 131 cm³/mol. The third kappa shape index (κ3) is 4.44. The van der Waals surface area contributed by atoms with Crippen LogP contribution >= 0.6 is 11.8 Å². The molecule has 34 heavy (non-hydrogen) atoms. The summed E-state index contributed by atoms with van der Waals surface area (Å²) >= 11 is 1.47. The lowest BCUT2D eigenvalue weighted by Gasteiger charge is -2.67. The summed E-state index contributed by atoms with van der Waals surface area (Å²) in [5.74, 6) is -2.33. The molecule has 2 bridgehead atoms. The predicted octanol–water partition coefficient (Wildman–Crippen LogP) is 5.01. The first-order valence-corrected chi connectivity index (χ1v) is 14.2. The Labute approximate surface area is 205 Å². The zero-order valence-electron chi connectivity index (χ0n) is 20.1. The summed E-state index contributed by atoms with van der Waals surface area (Å²) < 4.78 is 48.1. The quantitative estimate of drug-likeness (QED) is 0.283. The van der Waals surface area contributed by atoms with Crippen molar-refractivity contribution in [3.8, 4) is 5.75 Å². The normalized spacial score (nSPS) is 28.1. The van der Waals surface area contributed by atoms with Crippen LogP contribution in [0.4, 0.5) is 10.1 Å². The number of likely N-dealkylation sites (N-methyl/N-ethyl adjacent to an activating group) is 1. The van der Waals surface area contributed by atoms with Crippen LogP contribution in [0.2, 0.25) is 0 Å². The van der Waals surface area contributed by atoms with Crippen LogP contribution in [0.15, 0.2) is 34.0 Å². The SMILES string of the molecule is CCCC[C@@H]1CN(C23CC(C2)C3)c2cc(SC(C)C)c(O/C=C(\F)C(=O)O)cc2S(=O)(=O)N1C. The molecule has 10 heteroatoms. The second kappa shape index (κ2) is 9.35. The highest BCUT2D eigenvalue weighted by atomic mass is 32.2. The van der Waals surface area contributed by atoms with E-state index in [1.165, 1.54) is 22.1 Å². The Balaban J connectivity index is 1.85. The minimum Gasteiger partial charge on any atom is -0.476 e. The summed E-state index contributed by atoms with van der Waals surface area (Å²) in [5.41, 5.74) is 0.671. The van der Waals surface area contributed by atoms with Crippen molar-refractivity contribution in [2.75, 3.05) is 18.5 Å². The number of carboxylic acid groups (broad SMARTS) is 1. The smallest absolute Gasteiger partial charge is 0.368 e. The highest BCUT2D eigenvalue weighted by Gasteiger charge is 2.61. The van der Waals surface area contributed by atoms with Crippen LogP contribution in [0.3, 0.4) is 0 Å². The van der Waals surface area contributed by atoms with Crippen molar-refractivity contribution >= 4 is 33.4 Å². The molecule has 7 nitrogen and oxygen atoms in total. The number of unbranched alkanes of at least 4 members (excludes halogenated alkanes) is 1. The Morgan fingerprint density at radius 3 is 2.56 bits per heavy atom. The van der Waals surface area contributed by atoms with Crippen LogP contribution in [-0.2, 0) is 14.8 Å². The van der Waals surface area contributed by atoms with Crippen molar-refractivity contribution in [3.63, 3.8) is 0 Å². The lowest BCUT2D eigenvalue weighted by molar-refractivity contribution is -0.134. The van der Waals surface area contributed by atoms with Crippen molar-refractivity contribution in [1.29, 1.82) is 0 Å². The molecule has 1 atom stereocenters. The molecule has 1 N–H and O–H groups in total. The maximum absolute atomic E-state index is 13.8. The monoisotopic (exact) mass is 512 g/mol. The van der Waals surface area contributed by atoms with Crippen LogP contribution in [0.5, 0.6) is 5.75 Å². The van der Waals surface area contributed by atoms with Gasteiger partial charge in [0.25, 0.3) is 0 Å². The average Bonchev–Trinajstić information content (AvgIpc) is 2.77. The van der Waals surface area contributed by atoms with Crippen molar-refractivity contribution in [2.45, 2.75) is 85.9 Å². The van der Waals surface area contributed by atoms with E-state index in [9.17, 15) is 17.6 Å². The molecule has 1 aliphatic heterocycles. The third-order valence-electron chi connectivity index (χ3n) is 7.21. The molecular weight excluding hydrogens is 479 g/mol. The van der Waals surface area contributed by atoms with E-state index in [0.717, 1.165) is 44.4 Å². The number of hydrogen-bond donors (Lipinski definition) is 1. The maximum atomic E-state index is 13.8. The van der Waals surface area contributed by atoms with E-state index < -0.39 is 21.8 Å². The topological polar surface area (TPSA) is 87.1 Å². The van der Waals surface area contributed by atoms with E-state index in [-0.39, 0.29) is 27.5 Å². The summed E-state index contributed by atoms with van der Waals surface area (Å²) in [4.78, 5) is 14.0. The Kier molecular flexibility index (Phi) is 6.96. The number of anilines is 1. The number of sulfonamides is 1. The molecule has 1 aromatic carbocycles. The molecule has 0 amide bonds. The van der Waals surface area contributed by atoms with Gasteiger partial charge in [0, 0.05) is 36.5 Å². The second-order valence-corrected chi connectivity index (χ2v) is 13.5. The van der Waals surface area contributed by atoms with E-state index in [0.29, 0.717) is 23.4 Å². The largest absolute Gasteiger partial charge is 0.476 e. The number of aliphatic carboxylic acids is 1. The maximum Gasteiger partial charge on any atom is 0.368 e. The summed E-state index contributed by atoms with van der Waals surface area (Å²) in [7, 11) is -2.22. The summed E-state index contributed by atoms with van der Waals surface area (Å²) in [6.07, 6.45) is 6.45. The molecule has 5 rings (SSSR count). The first-order chi connectivity index (χ1) is 16.0. The second-order valence-electron chi connectivity index (χ2n) is 9.95. The van der Waals surface area contributed by atoms with Gasteiger partial charge in [-0.1, -0.05) is 33.6 Å². The van der Waals surface area contributed by atoms with Gasteiger partial charge in [-0.3, -0.25) is 0 Å². The Bertz CT molecular complexity index is 1090. The molecule has 1 aromatic rings. The van der Waals surface area contributed by atoms with Gasteiger partial charge < -0.3 is 14.7 Å². The van der Waals surface area contributed by atoms with Crippen LogP contribution in [0.1, 0.15) is 59.3 Å². The molecule has 0 radical (unpaired) electrons. The molecule has 0 aromatic heterocycles. The number of carboxylic acids is 1. The van der Waals surface area contributed by atoms with Crippen LogP contribution < -0.4 is 9.64 Å². The van der Waals surface area contributed by atoms with Crippen molar-refractivity contribution in [1.82, 2.24) is 4.31 Å². The zero-order valence-corrected chi connectivity index (χ0v) is 21.7. The fourth-order valence-corrected chi connectivity index (χ4v) is 7.73. The van der Waals surface area contributed by atoms with Crippen molar-refractivity contribution in [2.24, 2.45) is 5.92 Å². The molecule has 4 aliphatic rings. The van der Waals surface area contributed by atoms with Crippen LogP contribution in [-0.4, -0.2) is 54.2 Å². The molecular formula is C24H33FN2O5S2. The molecule has 3 fully saturated rings. The Hall–Kier alpha value is -1.78. The third-order valence-corrected chi connectivity index (χ3v) is 10.2. The number of carbonyl (C=O) groups is 1. The lowest BCUT2D eigenvalue weighted by atomic mass is 9.49. The molecule has 1 heterocycles.